The van der Waals surface area contributed by atoms with Crippen LogP contribution in [0.15, 0.2) is 15.3 Å². The van der Waals surface area contributed by atoms with E-state index in [2.05, 4.69) is 36.8 Å². The fraction of sp³-hybridized carbons (Fsp3) is 0.286. The van der Waals surface area contributed by atoms with Crippen LogP contribution < -0.4 is 0 Å². The van der Waals surface area contributed by atoms with Crippen LogP contribution in [0.5, 0.6) is 0 Å². The highest BCUT2D eigenvalue weighted by molar-refractivity contribution is 9.11. The molecular weight excluding hydrogens is 296 g/mol. The van der Waals surface area contributed by atoms with Crippen LogP contribution in [-0.2, 0) is 0 Å². The number of alkyl halides is 2. The zero-order valence-corrected chi connectivity index (χ0v) is 9.29. The zero-order valence-electron chi connectivity index (χ0n) is 6.11. The predicted molar refractivity (Wildman–Crippen MR) is 49.3 cm³/mol. The van der Waals surface area contributed by atoms with Gasteiger partial charge in [0, 0.05) is 10.7 Å². The van der Waals surface area contributed by atoms with Crippen LogP contribution in [0.3, 0.4) is 0 Å². The van der Waals surface area contributed by atoms with Gasteiger partial charge in [-0.15, -0.1) is 0 Å². The second kappa shape index (κ2) is 3.79. The molecule has 1 nitrogen and oxygen atoms in total. The highest BCUT2D eigenvalue weighted by Gasteiger charge is 2.17. The Balaban J connectivity index is 3.33. The van der Waals surface area contributed by atoms with Crippen LogP contribution >= 0.6 is 31.9 Å². The fourth-order valence-corrected chi connectivity index (χ4v) is 1.71. The van der Waals surface area contributed by atoms with E-state index in [-0.39, 0.29) is 10.2 Å². The Morgan fingerprint density at radius 1 is 1.42 bits per heavy atom. The lowest BCUT2D eigenvalue weighted by molar-refractivity contribution is 0.149. The molecule has 0 spiro atoms. The van der Waals surface area contributed by atoms with Crippen molar-refractivity contribution >= 4 is 31.9 Å². The summed E-state index contributed by atoms with van der Waals surface area (Å²) >= 11 is 6.10. The number of aromatic nitrogens is 1. The molecule has 0 aliphatic carbocycles. The second-order valence-electron chi connectivity index (χ2n) is 2.24. The maximum Gasteiger partial charge on any atom is 0.266 e. The van der Waals surface area contributed by atoms with Gasteiger partial charge in [0.15, 0.2) is 0 Å². The van der Waals surface area contributed by atoms with E-state index in [0.717, 1.165) is 0 Å². The van der Waals surface area contributed by atoms with Crippen molar-refractivity contribution < 1.29 is 8.78 Å². The first-order chi connectivity index (χ1) is 5.54. The van der Waals surface area contributed by atoms with Gasteiger partial charge < -0.3 is 0 Å². The minimum atomic E-state index is -2.50. The number of hydrogen-bond donors (Lipinski definition) is 0. The molecule has 0 saturated carbocycles. The second-order valence-corrected chi connectivity index (χ2v) is 3.84. The lowest BCUT2D eigenvalue weighted by Gasteiger charge is -2.07. The summed E-state index contributed by atoms with van der Waals surface area (Å²) in [6.45, 7) is 1.62. The van der Waals surface area contributed by atoms with E-state index < -0.39 is 6.43 Å². The number of pyridine rings is 1. The summed E-state index contributed by atoms with van der Waals surface area (Å²) in [5.74, 6) is 0. The number of hydrogen-bond acceptors (Lipinski definition) is 1. The van der Waals surface area contributed by atoms with Crippen LogP contribution in [0.1, 0.15) is 17.6 Å². The predicted octanol–water partition coefficient (Wildman–Crippen LogP) is 3.85. The third-order valence-electron chi connectivity index (χ3n) is 1.49. The maximum atomic E-state index is 12.4. The number of nitrogens with zero attached hydrogens (tertiary/aromatic N) is 1. The molecule has 0 N–H and O–H groups in total. The molecule has 12 heavy (non-hydrogen) atoms. The molecule has 0 unspecified atom stereocenters. The van der Waals surface area contributed by atoms with Gasteiger partial charge in [0.25, 0.3) is 6.43 Å². The van der Waals surface area contributed by atoms with Crippen molar-refractivity contribution in [2.75, 3.05) is 0 Å². The monoisotopic (exact) mass is 299 g/mol. The molecule has 0 bridgehead atoms. The third-order valence-corrected chi connectivity index (χ3v) is 2.93. The van der Waals surface area contributed by atoms with Gasteiger partial charge >= 0.3 is 0 Å². The summed E-state index contributed by atoms with van der Waals surface area (Å²) in [6.07, 6.45) is -1.00. The molecule has 66 valence electrons. The van der Waals surface area contributed by atoms with Crippen molar-refractivity contribution in [2.24, 2.45) is 0 Å². The SMILES string of the molecule is Cc1c(Br)cnc(Br)c1C(F)F. The Kier molecular flexibility index (Phi) is 3.17. The first kappa shape index (κ1) is 10.1. The molecule has 0 fully saturated rings. The Labute approximate surface area is 85.4 Å². The Morgan fingerprint density at radius 2 is 2.00 bits per heavy atom. The fourth-order valence-electron chi connectivity index (χ4n) is 0.817. The quantitative estimate of drug-likeness (QED) is 0.718. The van der Waals surface area contributed by atoms with Gasteiger partial charge in [-0.2, -0.15) is 0 Å². The summed E-state index contributed by atoms with van der Waals surface area (Å²) in [5, 5.41) is 0. The van der Waals surface area contributed by atoms with Gasteiger partial charge in [-0.3, -0.25) is 0 Å². The molecule has 0 aliphatic rings. The number of rotatable bonds is 1. The Bertz CT molecular complexity index is 302. The summed E-state index contributed by atoms with van der Waals surface area (Å²) in [7, 11) is 0. The van der Waals surface area contributed by atoms with Gasteiger partial charge in [0.05, 0.1) is 5.56 Å². The van der Waals surface area contributed by atoms with Gasteiger partial charge in [-0.25, -0.2) is 13.8 Å². The van der Waals surface area contributed by atoms with Crippen LogP contribution in [0, 0.1) is 6.92 Å². The topological polar surface area (TPSA) is 12.9 Å². The van der Waals surface area contributed by atoms with E-state index in [1.165, 1.54) is 6.20 Å². The smallest absolute Gasteiger partial charge is 0.248 e. The Hall–Kier alpha value is -0.0300. The molecule has 0 atom stereocenters. The van der Waals surface area contributed by atoms with Crippen molar-refractivity contribution in [3.05, 3.63) is 26.4 Å². The van der Waals surface area contributed by atoms with Crippen molar-refractivity contribution in [3.8, 4) is 0 Å². The molecule has 1 aromatic heterocycles. The molecule has 1 heterocycles. The van der Waals surface area contributed by atoms with Crippen LogP contribution in [-0.4, -0.2) is 4.98 Å². The zero-order chi connectivity index (χ0) is 9.30. The summed E-state index contributed by atoms with van der Waals surface area (Å²) in [6, 6.07) is 0. The van der Waals surface area contributed by atoms with Crippen LogP contribution in [0.4, 0.5) is 8.78 Å². The van der Waals surface area contributed by atoms with Crippen molar-refractivity contribution in [1.29, 1.82) is 0 Å². The normalized spacial score (nSPS) is 10.8. The molecular formula is C7H5Br2F2N. The third kappa shape index (κ3) is 1.82. The van der Waals surface area contributed by atoms with Gasteiger partial charge in [-0.05, 0) is 44.3 Å². The summed E-state index contributed by atoms with van der Waals surface area (Å²) in [4.78, 5) is 3.75. The van der Waals surface area contributed by atoms with E-state index in [1.54, 1.807) is 6.92 Å². The standard InChI is InChI=1S/C7H5Br2F2N/c1-3-4(8)2-12-6(9)5(3)7(10)11/h2,7H,1H3. The van der Waals surface area contributed by atoms with E-state index in [0.29, 0.717) is 10.0 Å². The van der Waals surface area contributed by atoms with Crippen LogP contribution in [0.2, 0.25) is 0 Å². The highest BCUT2D eigenvalue weighted by atomic mass is 79.9. The minimum Gasteiger partial charge on any atom is -0.248 e. The molecule has 1 aromatic rings. The van der Waals surface area contributed by atoms with Gasteiger partial charge in [0.2, 0.25) is 0 Å². The van der Waals surface area contributed by atoms with Gasteiger partial charge in [-0.1, -0.05) is 0 Å². The first-order valence-electron chi connectivity index (χ1n) is 3.12. The molecule has 0 amide bonds. The molecule has 0 aliphatic heterocycles. The average Bonchev–Trinajstić information content (AvgIpc) is 1.97. The Morgan fingerprint density at radius 3 is 2.42 bits per heavy atom. The largest absolute Gasteiger partial charge is 0.266 e. The lowest BCUT2D eigenvalue weighted by Crippen LogP contribution is -1.94. The molecule has 0 aromatic carbocycles. The first-order valence-corrected chi connectivity index (χ1v) is 4.71. The molecule has 5 heteroatoms. The average molecular weight is 301 g/mol. The molecule has 1 rings (SSSR count). The van der Waals surface area contributed by atoms with Gasteiger partial charge in [0.1, 0.15) is 4.60 Å². The van der Waals surface area contributed by atoms with E-state index in [1.807, 2.05) is 0 Å². The van der Waals surface area contributed by atoms with Crippen molar-refractivity contribution in [2.45, 2.75) is 13.3 Å². The highest BCUT2D eigenvalue weighted by Crippen LogP contribution is 2.32. The van der Waals surface area contributed by atoms with Crippen LogP contribution in [0.25, 0.3) is 0 Å². The number of halogens is 4. The van der Waals surface area contributed by atoms with Crippen molar-refractivity contribution in [1.82, 2.24) is 4.98 Å². The minimum absolute atomic E-state index is 0.0515. The molecule has 0 radical (unpaired) electrons. The van der Waals surface area contributed by atoms with E-state index in [4.69, 9.17) is 0 Å². The van der Waals surface area contributed by atoms with E-state index >= 15 is 0 Å². The summed E-state index contributed by atoms with van der Waals surface area (Å²) < 4.78 is 25.6. The van der Waals surface area contributed by atoms with E-state index in [9.17, 15) is 8.78 Å². The maximum absolute atomic E-state index is 12.4. The molecule has 0 saturated heterocycles. The summed E-state index contributed by atoms with van der Waals surface area (Å²) in [5.41, 5.74) is 0.469. The lowest BCUT2D eigenvalue weighted by atomic mass is 10.2. The van der Waals surface area contributed by atoms with Crippen molar-refractivity contribution in [3.63, 3.8) is 0 Å².